The summed E-state index contributed by atoms with van der Waals surface area (Å²) >= 11 is 0. The molecule has 0 saturated carbocycles. The number of aliphatic hydroxyl groups excluding tert-OH is 1. The maximum atomic E-state index is 13.8. The van der Waals surface area contributed by atoms with Crippen molar-refractivity contribution in [2.24, 2.45) is 4.99 Å². The third-order valence-corrected chi connectivity index (χ3v) is 8.21. The Kier molecular flexibility index (Phi) is 7.60. The second kappa shape index (κ2) is 10.8. The Morgan fingerprint density at radius 1 is 1.14 bits per heavy atom. The van der Waals surface area contributed by atoms with E-state index in [2.05, 4.69) is 4.99 Å². The van der Waals surface area contributed by atoms with Gasteiger partial charge in [-0.05, 0) is 19.9 Å². The Balaban J connectivity index is 1.63. The number of aromatic hydroxyl groups is 2. The first kappa shape index (κ1) is 29.6. The molecule has 0 amide bonds. The van der Waals surface area contributed by atoms with Crippen molar-refractivity contribution in [3.05, 3.63) is 51.6 Å². The summed E-state index contributed by atoms with van der Waals surface area (Å²) < 4.78 is 17.4. The largest absolute Gasteiger partial charge is 0.507 e. The minimum absolute atomic E-state index is 0.0144. The zero-order valence-electron chi connectivity index (χ0n) is 24.0. The number of phenolic OH excluding ortho intramolecular Hbond substituents is 2. The van der Waals surface area contributed by atoms with Crippen LogP contribution in [0, 0.1) is 0 Å². The highest BCUT2D eigenvalue weighted by molar-refractivity contribution is 6.31. The molecule has 0 aromatic heterocycles. The highest BCUT2D eigenvalue weighted by atomic mass is 16.7. The van der Waals surface area contributed by atoms with Crippen LogP contribution in [0.2, 0.25) is 0 Å². The number of aliphatic hydroxyl groups is 2. The fraction of sp³-hybridized carbons (Fsp3) is 0.467. The molecule has 4 N–H and O–H groups in total. The number of phenols is 2. The molecule has 0 bridgehead atoms. The van der Waals surface area contributed by atoms with E-state index in [1.807, 2.05) is 0 Å². The van der Waals surface area contributed by atoms with E-state index in [0.29, 0.717) is 0 Å². The molecule has 12 nitrogen and oxygen atoms in total. The molecule has 42 heavy (non-hydrogen) atoms. The topological polar surface area (TPSA) is 175 Å². The van der Waals surface area contributed by atoms with Crippen molar-refractivity contribution in [3.63, 3.8) is 0 Å². The number of ketones is 3. The van der Waals surface area contributed by atoms with Crippen molar-refractivity contribution in [3.8, 4) is 17.2 Å². The maximum absolute atomic E-state index is 13.8. The third-order valence-electron chi connectivity index (χ3n) is 8.21. The van der Waals surface area contributed by atoms with Gasteiger partial charge in [0, 0.05) is 50.0 Å². The first-order valence-electron chi connectivity index (χ1n) is 13.6. The molecule has 12 heteroatoms. The first-order chi connectivity index (χ1) is 19.8. The van der Waals surface area contributed by atoms with E-state index in [4.69, 9.17) is 14.2 Å². The van der Waals surface area contributed by atoms with Gasteiger partial charge in [-0.1, -0.05) is 12.1 Å². The molecule has 2 aromatic carbocycles. The molecule has 224 valence electrons. The fourth-order valence-electron chi connectivity index (χ4n) is 5.97. The quantitative estimate of drug-likeness (QED) is 0.189. The molecule has 2 aliphatic carbocycles. The molecule has 0 spiro atoms. The molecule has 1 saturated heterocycles. The van der Waals surface area contributed by atoms with Gasteiger partial charge in [0.05, 0.1) is 48.4 Å². The van der Waals surface area contributed by atoms with Crippen LogP contribution in [-0.4, -0.2) is 100 Å². The Labute approximate surface area is 242 Å². The summed E-state index contributed by atoms with van der Waals surface area (Å²) in [6.45, 7) is 2.84. The van der Waals surface area contributed by atoms with Crippen molar-refractivity contribution >= 4 is 23.7 Å². The minimum atomic E-state index is -2.01. The fourth-order valence-corrected chi connectivity index (χ4v) is 5.97. The predicted molar refractivity (Wildman–Crippen MR) is 148 cm³/mol. The molecule has 6 atom stereocenters. The second-order valence-corrected chi connectivity index (χ2v) is 11.3. The zero-order valence-corrected chi connectivity index (χ0v) is 24.0. The number of hydrogen-bond donors (Lipinski definition) is 4. The molecule has 1 aliphatic heterocycles. The summed E-state index contributed by atoms with van der Waals surface area (Å²) in [6.07, 6.45) is -2.98. The molecular formula is C30H34N2O10. The number of methoxy groups -OCH3 is 1. The van der Waals surface area contributed by atoms with Crippen molar-refractivity contribution in [1.82, 2.24) is 4.90 Å². The standard InChI is InChI=1S/C30H34N2O10/c1-13-25(34)17(31-12-32(3)4)9-20(41-13)42-19-11-30(39,14(2)33)10-16-22(19)29(38)24-23(27(16)36)26(35)15-7-6-8-18(40-5)21(15)28(24)37/h6-8,12-13,17,19-20,25,34,36,38-39H,9-11H2,1-5H3/t13-,17-,19-,20-,25+,30-/m0/s1. The van der Waals surface area contributed by atoms with E-state index in [-0.39, 0.29) is 40.8 Å². The summed E-state index contributed by atoms with van der Waals surface area (Å²) in [4.78, 5) is 46.1. The van der Waals surface area contributed by atoms with E-state index in [9.17, 15) is 34.8 Å². The number of Topliss-reactive ketones (excluding diaryl/α,β-unsaturated/α-hetero) is 1. The normalized spacial score (nSPS) is 28.7. The molecule has 2 aromatic rings. The molecule has 0 unspecified atom stereocenters. The summed E-state index contributed by atoms with van der Waals surface area (Å²) in [7, 11) is 4.91. The van der Waals surface area contributed by atoms with Gasteiger partial charge in [0.15, 0.2) is 17.9 Å². The summed E-state index contributed by atoms with van der Waals surface area (Å²) in [6, 6.07) is 3.85. The van der Waals surface area contributed by atoms with E-state index in [1.54, 1.807) is 32.3 Å². The summed E-state index contributed by atoms with van der Waals surface area (Å²) in [5.74, 6) is -3.17. The maximum Gasteiger partial charge on any atom is 0.202 e. The van der Waals surface area contributed by atoms with Gasteiger partial charge in [0.25, 0.3) is 0 Å². The summed E-state index contributed by atoms with van der Waals surface area (Å²) in [5.41, 5.74) is -3.04. The van der Waals surface area contributed by atoms with Crippen LogP contribution in [0.4, 0.5) is 0 Å². The Bertz CT molecular complexity index is 1500. The second-order valence-electron chi connectivity index (χ2n) is 11.3. The van der Waals surface area contributed by atoms with Gasteiger partial charge in [0.1, 0.15) is 29.0 Å². The SMILES string of the molecule is COc1cccc2c1C(=O)c1c(O)c3c(c(O)c1C2=O)C[C@@](O)(C(C)=O)C[C@@H]3O[C@H]1C[C@H](N=CN(C)C)[C@H](O)[C@H](C)O1. The van der Waals surface area contributed by atoms with Crippen LogP contribution >= 0.6 is 0 Å². The smallest absolute Gasteiger partial charge is 0.202 e. The van der Waals surface area contributed by atoms with Crippen LogP contribution in [0.25, 0.3) is 0 Å². The van der Waals surface area contributed by atoms with Gasteiger partial charge in [-0.15, -0.1) is 0 Å². The lowest BCUT2D eigenvalue weighted by Gasteiger charge is -2.42. The number of ether oxygens (including phenoxy) is 3. The number of carbonyl (C=O) groups is 3. The predicted octanol–water partition coefficient (Wildman–Crippen LogP) is 1.66. The molecule has 0 radical (unpaired) electrons. The van der Waals surface area contributed by atoms with E-state index < -0.39 is 82.6 Å². The Morgan fingerprint density at radius 3 is 2.48 bits per heavy atom. The molecule has 1 fully saturated rings. The Morgan fingerprint density at radius 2 is 1.83 bits per heavy atom. The third kappa shape index (κ3) is 4.74. The van der Waals surface area contributed by atoms with Crippen molar-refractivity contribution in [1.29, 1.82) is 0 Å². The lowest BCUT2D eigenvalue weighted by atomic mass is 9.72. The number of aliphatic imine (C=N–C) groups is 1. The van der Waals surface area contributed by atoms with Crippen LogP contribution in [0.3, 0.4) is 0 Å². The van der Waals surface area contributed by atoms with Gasteiger partial charge >= 0.3 is 0 Å². The van der Waals surface area contributed by atoms with E-state index >= 15 is 0 Å². The lowest BCUT2D eigenvalue weighted by Crippen LogP contribution is -2.49. The van der Waals surface area contributed by atoms with Crippen molar-refractivity contribution in [2.75, 3.05) is 21.2 Å². The van der Waals surface area contributed by atoms with E-state index in [1.165, 1.54) is 32.2 Å². The van der Waals surface area contributed by atoms with Gasteiger partial charge in [-0.25, -0.2) is 0 Å². The minimum Gasteiger partial charge on any atom is -0.507 e. The molecule has 3 aliphatic rings. The number of carbonyl (C=O) groups excluding carboxylic acids is 3. The zero-order chi connectivity index (χ0) is 30.7. The van der Waals surface area contributed by atoms with Gasteiger partial charge in [0.2, 0.25) is 5.78 Å². The van der Waals surface area contributed by atoms with E-state index in [0.717, 1.165) is 0 Å². The van der Waals surface area contributed by atoms with Crippen LogP contribution < -0.4 is 4.74 Å². The molecular weight excluding hydrogens is 548 g/mol. The van der Waals surface area contributed by atoms with Crippen LogP contribution in [-0.2, 0) is 20.7 Å². The van der Waals surface area contributed by atoms with Crippen LogP contribution in [0.15, 0.2) is 23.2 Å². The average molecular weight is 583 g/mol. The Hall–Kier alpha value is -3.84. The van der Waals surface area contributed by atoms with Gasteiger partial charge in [-0.2, -0.15) is 0 Å². The lowest BCUT2D eigenvalue weighted by molar-refractivity contribution is -0.246. The molecule has 1 heterocycles. The van der Waals surface area contributed by atoms with Gasteiger partial charge in [-0.3, -0.25) is 19.4 Å². The van der Waals surface area contributed by atoms with Crippen molar-refractivity contribution < 1.29 is 49.0 Å². The van der Waals surface area contributed by atoms with Crippen LogP contribution in [0.1, 0.15) is 75.8 Å². The first-order valence-corrected chi connectivity index (χ1v) is 13.6. The number of hydrogen-bond acceptors (Lipinski definition) is 11. The average Bonchev–Trinajstić information content (AvgIpc) is 2.93. The number of rotatable bonds is 6. The number of nitrogens with zero attached hydrogens (tertiary/aromatic N) is 2. The monoisotopic (exact) mass is 582 g/mol. The number of fused-ring (bicyclic) bond motifs is 3. The summed E-state index contributed by atoms with van der Waals surface area (Å²) in [5, 5.41) is 45.0. The highest BCUT2D eigenvalue weighted by Gasteiger charge is 2.49. The highest BCUT2D eigenvalue weighted by Crippen LogP contribution is 2.52. The van der Waals surface area contributed by atoms with Crippen LogP contribution in [0.5, 0.6) is 17.2 Å². The van der Waals surface area contributed by atoms with Gasteiger partial charge < -0.3 is 39.5 Å². The molecule has 5 rings (SSSR count). The number of benzene rings is 2. The van der Waals surface area contributed by atoms with Crippen molar-refractivity contribution in [2.45, 2.75) is 69.4 Å².